The van der Waals surface area contributed by atoms with E-state index < -0.39 is 10.0 Å². The zero-order chi connectivity index (χ0) is 16.2. The van der Waals surface area contributed by atoms with Gasteiger partial charge in [0.2, 0.25) is 5.75 Å². The third kappa shape index (κ3) is 3.40. The van der Waals surface area contributed by atoms with Gasteiger partial charge in [-0.25, -0.2) is 0 Å². The van der Waals surface area contributed by atoms with Crippen LogP contribution in [0, 0.1) is 0 Å². The quantitative estimate of drug-likeness (QED) is 0.755. The number of rotatable bonds is 6. The highest BCUT2D eigenvalue weighted by molar-refractivity contribution is 7.92. The highest BCUT2D eigenvalue weighted by Crippen LogP contribution is 2.37. The van der Waals surface area contributed by atoms with Crippen molar-refractivity contribution in [1.82, 2.24) is 0 Å². The normalized spacial score (nSPS) is 11.6. The Morgan fingerprint density at radius 2 is 1.73 bits per heavy atom. The second-order valence-electron chi connectivity index (χ2n) is 4.10. The van der Waals surface area contributed by atoms with E-state index in [0.29, 0.717) is 22.8 Å². The van der Waals surface area contributed by atoms with Crippen molar-refractivity contribution in [3.8, 4) is 17.2 Å². The van der Waals surface area contributed by atoms with Crippen molar-refractivity contribution in [2.75, 3.05) is 21.3 Å². The Labute approximate surface area is 133 Å². The average molecular weight is 341 g/mol. The molecule has 1 aromatic heterocycles. The minimum atomic E-state index is -3.69. The molecule has 0 atom stereocenters. The molecular formula is C14H15NO5S2. The molecule has 0 fully saturated rings. The Morgan fingerprint density at radius 3 is 2.18 bits per heavy atom. The Morgan fingerprint density at radius 1 is 1.09 bits per heavy atom. The standard InChI is InChI=1S/C14H15NO5S2/c1-18-11-7-10(8-12(19-2)14(11)20-3)9-15-22(16,17)13-5-4-6-21-13/h4-9H,1-3H3/b15-9-. The molecule has 1 aromatic carbocycles. The largest absolute Gasteiger partial charge is 0.493 e. The van der Waals surface area contributed by atoms with Gasteiger partial charge in [-0.3, -0.25) is 0 Å². The van der Waals surface area contributed by atoms with Gasteiger partial charge >= 0.3 is 0 Å². The number of benzene rings is 1. The van der Waals surface area contributed by atoms with Gasteiger partial charge < -0.3 is 14.2 Å². The lowest BCUT2D eigenvalue weighted by molar-refractivity contribution is 0.324. The maximum absolute atomic E-state index is 12.0. The highest BCUT2D eigenvalue weighted by atomic mass is 32.2. The number of thiophene rings is 1. The summed E-state index contributed by atoms with van der Waals surface area (Å²) in [4.78, 5) is 0. The van der Waals surface area contributed by atoms with Crippen LogP contribution in [0.4, 0.5) is 0 Å². The van der Waals surface area contributed by atoms with E-state index in [1.54, 1.807) is 23.6 Å². The number of nitrogens with zero attached hydrogens (tertiary/aromatic N) is 1. The highest BCUT2D eigenvalue weighted by Gasteiger charge is 2.15. The molecule has 0 bridgehead atoms. The van der Waals surface area contributed by atoms with Gasteiger partial charge in [0, 0.05) is 11.8 Å². The molecule has 0 N–H and O–H groups in total. The summed E-state index contributed by atoms with van der Waals surface area (Å²) in [5.74, 6) is 1.29. The van der Waals surface area contributed by atoms with Crippen molar-refractivity contribution < 1.29 is 22.6 Å². The summed E-state index contributed by atoms with van der Waals surface area (Å²) in [6, 6.07) is 6.41. The van der Waals surface area contributed by atoms with Gasteiger partial charge in [0.15, 0.2) is 11.5 Å². The molecule has 2 rings (SSSR count). The molecule has 0 aliphatic carbocycles. The van der Waals surface area contributed by atoms with Crippen molar-refractivity contribution >= 4 is 27.6 Å². The van der Waals surface area contributed by atoms with Gasteiger partial charge in [-0.15, -0.1) is 11.3 Å². The lowest BCUT2D eigenvalue weighted by Crippen LogP contribution is -1.98. The minimum absolute atomic E-state index is 0.191. The first-order valence-electron chi connectivity index (χ1n) is 6.15. The van der Waals surface area contributed by atoms with Crippen molar-refractivity contribution in [3.63, 3.8) is 0 Å². The third-order valence-corrected chi connectivity index (χ3v) is 5.39. The molecule has 6 nitrogen and oxygen atoms in total. The first-order chi connectivity index (χ1) is 10.5. The SMILES string of the molecule is COc1cc(/C=N\S(=O)(=O)c2cccs2)cc(OC)c1OC. The predicted octanol–water partition coefficient (Wildman–Crippen LogP) is 2.58. The number of methoxy groups -OCH3 is 3. The van der Waals surface area contributed by atoms with Crippen molar-refractivity contribution in [3.05, 3.63) is 35.2 Å². The van der Waals surface area contributed by atoms with Crippen LogP contribution in [0.1, 0.15) is 5.56 Å². The van der Waals surface area contributed by atoms with Crippen LogP contribution in [0.25, 0.3) is 0 Å². The number of sulfonamides is 1. The second kappa shape index (κ2) is 6.80. The molecule has 8 heteroatoms. The Kier molecular flexibility index (Phi) is 5.04. The van der Waals surface area contributed by atoms with Crippen LogP contribution in [0.5, 0.6) is 17.2 Å². The van der Waals surface area contributed by atoms with Crippen LogP contribution in [0.2, 0.25) is 0 Å². The maximum atomic E-state index is 12.0. The van der Waals surface area contributed by atoms with E-state index in [-0.39, 0.29) is 4.21 Å². The van der Waals surface area contributed by atoms with Crippen LogP contribution in [0.3, 0.4) is 0 Å². The molecule has 0 radical (unpaired) electrons. The molecule has 2 aromatic rings. The van der Waals surface area contributed by atoms with Crippen LogP contribution < -0.4 is 14.2 Å². The Balaban J connectivity index is 2.40. The molecule has 0 amide bonds. The lowest BCUT2D eigenvalue weighted by atomic mass is 10.2. The van der Waals surface area contributed by atoms with Crippen LogP contribution in [-0.4, -0.2) is 36.0 Å². The van der Waals surface area contributed by atoms with Gasteiger partial charge in [-0.05, 0) is 23.6 Å². The summed E-state index contributed by atoms with van der Waals surface area (Å²) < 4.78 is 43.5. The molecule has 1 heterocycles. The van der Waals surface area contributed by atoms with E-state index in [4.69, 9.17) is 14.2 Å². The monoisotopic (exact) mass is 341 g/mol. The van der Waals surface area contributed by atoms with E-state index >= 15 is 0 Å². The van der Waals surface area contributed by atoms with Gasteiger partial charge in [0.1, 0.15) is 4.21 Å². The van der Waals surface area contributed by atoms with Gasteiger partial charge in [0.25, 0.3) is 10.0 Å². The van der Waals surface area contributed by atoms with E-state index in [1.165, 1.54) is 33.6 Å². The Bertz CT molecular complexity index is 742. The van der Waals surface area contributed by atoms with Crippen LogP contribution >= 0.6 is 11.3 Å². The summed E-state index contributed by atoms with van der Waals surface area (Å²) in [6.45, 7) is 0. The van der Waals surface area contributed by atoms with E-state index in [0.717, 1.165) is 11.3 Å². The number of hydrogen-bond acceptors (Lipinski definition) is 6. The molecule has 0 saturated heterocycles. The fourth-order valence-electron chi connectivity index (χ4n) is 1.77. The zero-order valence-corrected chi connectivity index (χ0v) is 13.9. The van der Waals surface area contributed by atoms with Gasteiger partial charge in [-0.1, -0.05) is 6.07 Å². The molecule has 22 heavy (non-hydrogen) atoms. The molecule has 0 aliphatic rings. The topological polar surface area (TPSA) is 74.2 Å². The maximum Gasteiger partial charge on any atom is 0.291 e. The Hall–Kier alpha value is -2.06. The van der Waals surface area contributed by atoms with Crippen LogP contribution in [0.15, 0.2) is 38.3 Å². The number of ether oxygens (including phenoxy) is 3. The summed E-state index contributed by atoms with van der Waals surface area (Å²) in [5.41, 5.74) is 0.523. The molecule has 0 aliphatic heterocycles. The van der Waals surface area contributed by atoms with E-state index in [9.17, 15) is 8.42 Å². The predicted molar refractivity (Wildman–Crippen MR) is 85.2 cm³/mol. The van der Waals surface area contributed by atoms with Crippen molar-refractivity contribution in [2.24, 2.45) is 4.40 Å². The summed E-state index contributed by atoms with van der Waals surface area (Å²) >= 11 is 1.12. The second-order valence-corrected chi connectivity index (χ2v) is 6.91. The molecule has 0 unspecified atom stereocenters. The van der Waals surface area contributed by atoms with Crippen LogP contribution in [-0.2, 0) is 10.0 Å². The van der Waals surface area contributed by atoms with E-state index in [2.05, 4.69) is 4.40 Å². The average Bonchev–Trinajstić information content (AvgIpc) is 3.07. The van der Waals surface area contributed by atoms with Gasteiger partial charge in [0.05, 0.1) is 21.3 Å². The molecule has 0 spiro atoms. The minimum Gasteiger partial charge on any atom is -0.493 e. The summed E-state index contributed by atoms with van der Waals surface area (Å²) in [6.07, 6.45) is 1.25. The summed E-state index contributed by atoms with van der Waals surface area (Å²) in [5, 5.41) is 1.68. The van der Waals surface area contributed by atoms with Crippen molar-refractivity contribution in [1.29, 1.82) is 0 Å². The first kappa shape index (κ1) is 16.3. The first-order valence-corrected chi connectivity index (χ1v) is 8.47. The lowest BCUT2D eigenvalue weighted by Gasteiger charge is -2.12. The zero-order valence-electron chi connectivity index (χ0n) is 12.3. The van der Waals surface area contributed by atoms with Gasteiger partial charge in [-0.2, -0.15) is 12.8 Å². The smallest absolute Gasteiger partial charge is 0.291 e. The molecule has 118 valence electrons. The summed E-state index contributed by atoms with van der Waals surface area (Å²) in [7, 11) is 0.774. The molecular weight excluding hydrogens is 326 g/mol. The fraction of sp³-hybridized carbons (Fsp3) is 0.214. The third-order valence-electron chi connectivity index (χ3n) is 2.78. The molecule has 0 saturated carbocycles. The number of hydrogen-bond donors (Lipinski definition) is 0. The van der Waals surface area contributed by atoms with Crippen molar-refractivity contribution in [2.45, 2.75) is 4.21 Å². The fourth-order valence-corrected chi connectivity index (χ4v) is 3.61. The van der Waals surface area contributed by atoms with E-state index in [1.807, 2.05) is 0 Å².